The number of likely N-dealkylation sites (tertiary alicyclic amines) is 1. The van der Waals surface area contributed by atoms with Gasteiger partial charge in [-0.05, 0) is 62.9 Å². The number of hydrogen-bond acceptors (Lipinski definition) is 8. The van der Waals surface area contributed by atoms with Crippen LogP contribution in [0.25, 0.3) is 0 Å². The lowest BCUT2D eigenvalue weighted by molar-refractivity contribution is 0.0996. The van der Waals surface area contributed by atoms with Gasteiger partial charge >= 0.3 is 6.03 Å². The van der Waals surface area contributed by atoms with Crippen LogP contribution in [-0.4, -0.2) is 61.6 Å². The Kier molecular flexibility index (Phi) is 9.28. The average Bonchev–Trinajstić information content (AvgIpc) is 3.48. The maximum atomic E-state index is 14.6. The van der Waals surface area contributed by atoms with Crippen LogP contribution in [0.15, 0.2) is 12.1 Å². The van der Waals surface area contributed by atoms with Crippen molar-refractivity contribution in [2.45, 2.75) is 32.3 Å². The first-order valence-corrected chi connectivity index (χ1v) is 11.8. The van der Waals surface area contributed by atoms with E-state index in [1.54, 1.807) is 0 Å². The Hall–Kier alpha value is -3.12. The quantitative estimate of drug-likeness (QED) is 0.386. The molecule has 0 aliphatic carbocycles. The second-order valence-electron chi connectivity index (χ2n) is 7.78. The van der Waals surface area contributed by atoms with E-state index in [4.69, 9.17) is 19.9 Å². The Morgan fingerprint density at radius 2 is 1.97 bits per heavy atom. The summed E-state index contributed by atoms with van der Waals surface area (Å²) in [7, 11) is 2.78. The highest BCUT2D eigenvalue weighted by Gasteiger charge is 2.23. The van der Waals surface area contributed by atoms with Crippen molar-refractivity contribution >= 4 is 28.5 Å². The van der Waals surface area contributed by atoms with Crippen molar-refractivity contribution < 1.29 is 28.2 Å². The van der Waals surface area contributed by atoms with E-state index in [1.165, 1.54) is 39.2 Å². The van der Waals surface area contributed by atoms with E-state index in [1.807, 2.05) is 0 Å². The molecule has 1 fully saturated rings. The second kappa shape index (κ2) is 12.4. The predicted octanol–water partition coefficient (Wildman–Crippen LogP) is 2.97. The zero-order chi connectivity index (χ0) is 24.5. The fourth-order valence-corrected chi connectivity index (χ4v) is 4.37. The van der Waals surface area contributed by atoms with Gasteiger partial charge in [0.25, 0.3) is 5.91 Å². The number of methoxy groups -OCH3 is 2. The highest BCUT2D eigenvalue weighted by atomic mass is 32.1. The van der Waals surface area contributed by atoms with E-state index < -0.39 is 17.8 Å². The van der Waals surface area contributed by atoms with Gasteiger partial charge in [0, 0.05) is 18.2 Å². The van der Waals surface area contributed by atoms with Crippen LogP contribution >= 0.6 is 11.5 Å². The first-order chi connectivity index (χ1) is 16.4. The molecule has 0 saturated carbocycles. The Labute approximate surface area is 201 Å². The summed E-state index contributed by atoms with van der Waals surface area (Å²) >= 11 is 0.850. The molecule has 0 spiro atoms. The zero-order valence-corrected chi connectivity index (χ0v) is 20.1. The zero-order valence-electron chi connectivity index (χ0n) is 19.3. The third kappa shape index (κ3) is 6.70. The summed E-state index contributed by atoms with van der Waals surface area (Å²) in [6.07, 6.45) is 4.36. The minimum Gasteiger partial charge on any atom is -0.497 e. The Morgan fingerprint density at radius 1 is 1.21 bits per heavy atom. The molecule has 10 nitrogen and oxygen atoms in total. The van der Waals surface area contributed by atoms with Crippen LogP contribution in [0.2, 0.25) is 0 Å². The lowest BCUT2D eigenvalue weighted by Crippen LogP contribution is -2.30. The fourth-order valence-electron chi connectivity index (χ4n) is 3.64. The number of aromatic nitrogens is 1. The Balaban J connectivity index is 1.56. The van der Waals surface area contributed by atoms with Crippen molar-refractivity contribution in [3.05, 3.63) is 29.1 Å². The molecule has 2 aromatic rings. The van der Waals surface area contributed by atoms with Gasteiger partial charge in [-0.2, -0.15) is 4.37 Å². The summed E-state index contributed by atoms with van der Waals surface area (Å²) in [5, 5.41) is 5.51. The van der Waals surface area contributed by atoms with Crippen LogP contribution in [-0.2, 0) is 6.61 Å². The van der Waals surface area contributed by atoms with E-state index in [9.17, 15) is 14.0 Å². The van der Waals surface area contributed by atoms with Crippen molar-refractivity contribution in [2.24, 2.45) is 5.73 Å². The molecule has 0 bridgehead atoms. The van der Waals surface area contributed by atoms with Crippen LogP contribution in [0.4, 0.5) is 14.2 Å². The highest BCUT2D eigenvalue weighted by molar-refractivity contribution is 7.11. The molecule has 1 aliphatic rings. The summed E-state index contributed by atoms with van der Waals surface area (Å²) in [4.78, 5) is 26.7. The summed E-state index contributed by atoms with van der Waals surface area (Å²) in [5.41, 5.74) is 5.54. The van der Waals surface area contributed by atoms with Gasteiger partial charge in [0.2, 0.25) is 5.88 Å². The number of nitrogens with one attached hydrogen (secondary N) is 2. The smallest absolute Gasteiger partial charge is 0.319 e. The average molecular weight is 496 g/mol. The van der Waals surface area contributed by atoms with Gasteiger partial charge in [-0.3, -0.25) is 10.1 Å². The number of nitrogens with zero attached hydrogens (tertiary/aromatic N) is 2. The van der Waals surface area contributed by atoms with Crippen molar-refractivity contribution in [1.29, 1.82) is 0 Å². The van der Waals surface area contributed by atoms with Crippen molar-refractivity contribution in [2.75, 3.05) is 45.7 Å². The Morgan fingerprint density at radius 3 is 2.65 bits per heavy atom. The number of anilines is 1. The molecule has 3 rings (SSSR count). The van der Waals surface area contributed by atoms with Gasteiger partial charge in [0.15, 0.2) is 11.6 Å². The Bertz CT molecular complexity index is 996. The van der Waals surface area contributed by atoms with Gasteiger partial charge in [-0.25, -0.2) is 9.18 Å². The molecule has 1 aromatic carbocycles. The van der Waals surface area contributed by atoms with Crippen molar-refractivity contribution in [3.8, 4) is 17.4 Å². The summed E-state index contributed by atoms with van der Waals surface area (Å²) in [6.45, 7) is 3.58. The molecule has 3 amide bonds. The number of amides is 3. The molecule has 2 heterocycles. The van der Waals surface area contributed by atoms with E-state index in [0.29, 0.717) is 12.3 Å². The number of hydrogen-bond donors (Lipinski definition) is 3. The van der Waals surface area contributed by atoms with Crippen LogP contribution in [0.3, 0.4) is 0 Å². The van der Waals surface area contributed by atoms with E-state index in [-0.39, 0.29) is 34.4 Å². The second-order valence-corrected chi connectivity index (χ2v) is 8.56. The molecule has 34 heavy (non-hydrogen) atoms. The number of halogens is 1. The number of primary amides is 1. The number of unbranched alkanes of at least 4 members (excludes halogenated alkanes) is 1. The molecule has 0 unspecified atom stereocenters. The number of ether oxygens (including phenoxy) is 3. The van der Waals surface area contributed by atoms with Gasteiger partial charge in [0.1, 0.15) is 22.9 Å². The SMILES string of the molecule is COc1cc(COc2nsc(NC(=O)NCCCCN3CCCC3)c2C(N)=O)c(F)c(OC)c1. The van der Waals surface area contributed by atoms with Crippen LogP contribution < -0.4 is 30.6 Å². The van der Waals surface area contributed by atoms with E-state index in [0.717, 1.165) is 44.0 Å². The van der Waals surface area contributed by atoms with Crippen LogP contribution in [0.5, 0.6) is 17.4 Å². The minimum atomic E-state index is -0.826. The lowest BCUT2D eigenvalue weighted by atomic mass is 10.2. The van der Waals surface area contributed by atoms with Crippen LogP contribution in [0, 0.1) is 5.82 Å². The number of urea groups is 1. The maximum Gasteiger partial charge on any atom is 0.319 e. The topological polar surface area (TPSA) is 128 Å². The number of nitrogens with two attached hydrogens (primary N) is 1. The summed E-state index contributed by atoms with van der Waals surface area (Å²) < 4.78 is 34.3. The number of benzene rings is 1. The van der Waals surface area contributed by atoms with E-state index in [2.05, 4.69) is 19.9 Å². The lowest BCUT2D eigenvalue weighted by Gasteiger charge is -2.14. The van der Waals surface area contributed by atoms with Gasteiger partial charge in [-0.15, -0.1) is 0 Å². The first kappa shape index (κ1) is 25.5. The molecule has 1 aromatic heterocycles. The van der Waals surface area contributed by atoms with Gasteiger partial charge < -0.3 is 30.2 Å². The largest absolute Gasteiger partial charge is 0.497 e. The van der Waals surface area contributed by atoms with Crippen LogP contribution in [0.1, 0.15) is 41.6 Å². The molecule has 12 heteroatoms. The molecule has 186 valence electrons. The number of carbonyl (C=O) groups is 2. The molecular formula is C22H30FN5O5S. The predicted molar refractivity (Wildman–Crippen MR) is 126 cm³/mol. The fraction of sp³-hybridized carbons (Fsp3) is 0.500. The van der Waals surface area contributed by atoms with Gasteiger partial charge in [0.05, 0.1) is 14.2 Å². The third-order valence-corrected chi connectivity index (χ3v) is 6.17. The van der Waals surface area contributed by atoms with Crippen molar-refractivity contribution in [3.63, 3.8) is 0 Å². The normalized spacial score (nSPS) is 13.5. The highest BCUT2D eigenvalue weighted by Crippen LogP contribution is 2.32. The third-order valence-electron chi connectivity index (χ3n) is 5.43. The maximum absolute atomic E-state index is 14.6. The van der Waals surface area contributed by atoms with Gasteiger partial charge in [-0.1, -0.05) is 0 Å². The standard InChI is InChI=1S/C22H30FN5O5S/c1-31-15-11-14(18(23)16(12-15)32-2)13-33-20-17(19(24)29)21(34-27-20)26-22(30)25-7-3-4-8-28-9-5-6-10-28/h11-12H,3-10,13H2,1-2H3,(H2,24,29)(H2,25,26,30). The number of rotatable bonds is 12. The minimum absolute atomic E-state index is 0.00851. The molecule has 4 N–H and O–H groups in total. The summed E-state index contributed by atoms with van der Waals surface area (Å²) in [6, 6.07) is 2.39. The monoisotopic (exact) mass is 495 g/mol. The number of carbonyl (C=O) groups excluding carboxylic acids is 2. The summed E-state index contributed by atoms with van der Waals surface area (Å²) in [5.74, 6) is -1.18. The molecule has 1 aliphatic heterocycles. The molecule has 0 radical (unpaired) electrons. The first-order valence-electron chi connectivity index (χ1n) is 11.0. The molecular weight excluding hydrogens is 465 g/mol. The molecule has 1 saturated heterocycles. The molecule has 0 atom stereocenters. The van der Waals surface area contributed by atoms with Crippen molar-refractivity contribution in [1.82, 2.24) is 14.6 Å². The van der Waals surface area contributed by atoms with E-state index >= 15 is 0 Å².